The van der Waals surface area contributed by atoms with Crippen LogP contribution in [0.25, 0.3) is 0 Å². The normalized spacial score (nSPS) is 16.0. The summed E-state index contributed by atoms with van der Waals surface area (Å²) in [5, 5.41) is 3.00. The molecular formula is C17H25N3O2S. The fourth-order valence-corrected chi connectivity index (χ4v) is 3.63. The molecule has 1 heterocycles. The minimum Gasteiger partial charge on any atom is -0.353 e. The van der Waals surface area contributed by atoms with Gasteiger partial charge in [0.1, 0.15) is 6.54 Å². The van der Waals surface area contributed by atoms with Crippen LogP contribution in [0.3, 0.4) is 0 Å². The van der Waals surface area contributed by atoms with Crippen LogP contribution in [-0.4, -0.2) is 59.4 Å². The minimum atomic E-state index is -0.0889. The van der Waals surface area contributed by atoms with E-state index >= 15 is 0 Å². The molecule has 1 saturated heterocycles. The van der Waals surface area contributed by atoms with Gasteiger partial charge in [0, 0.05) is 18.8 Å². The Kier molecular flexibility index (Phi) is 6.92. The molecule has 1 aromatic carbocycles. The molecule has 1 aliphatic rings. The van der Waals surface area contributed by atoms with E-state index in [1.54, 1.807) is 4.90 Å². The highest BCUT2D eigenvalue weighted by Gasteiger charge is 2.24. The number of rotatable bonds is 8. The third-order valence-electron chi connectivity index (χ3n) is 4.11. The number of benzene rings is 1. The van der Waals surface area contributed by atoms with Crippen molar-refractivity contribution in [3.63, 3.8) is 0 Å². The molecule has 0 unspecified atom stereocenters. The lowest BCUT2D eigenvalue weighted by Gasteiger charge is -2.30. The molecule has 0 saturated carbocycles. The molecule has 1 fully saturated rings. The monoisotopic (exact) mass is 335 g/mol. The number of hydrogen-bond acceptors (Lipinski definition) is 4. The summed E-state index contributed by atoms with van der Waals surface area (Å²) in [5.74, 6) is 0.687. The molecule has 5 nitrogen and oxygen atoms in total. The van der Waals surface area contributed by atoms with Gasteiger partial charge in [-0.25, -0.2) is 0 Å². The van der Waals surface area contributed by atoms with Crippen LogP contribution in [0.15, 0.2) is 30.3 Å². The Bertz CT molecular complexity index is 520. The fourth-order valence-electron chi connectivity index (χ4n) is 2.81. The molecule has 126 valence electrons. The lowest BCUT2D eigenvalue weighted by molar-refractivity contribution is -0.121. The molecule has 2 rings (SSSR count). The highest BCUT2D eigenvalue weighted by molar-refractivity contribution is 8.13. The van der Waals surface area contributed by atoms with E-state index in [1.165, 1.54) is 17.3 Å². The van der Waals surface area contributed by atoms with Crippen LogP contribution in [0, 0.1) is 0 Å². The van der Waals surface area contributed by atoms with Crippen molar-refractivity contribution < 1.29 is 9.59 Å². The van der Waals surface area contributed by atoms with Crippen molar-refractivity contribution in [1.82, 2.24) is 15.1 Å². The lowest BCUT2D eigenvalue weighted by atomic mass is 10.1. The van der Waals surface area contributed by atoms with Gasteiger partial charge in [0.2, 0.25) is 5.91 Å². The van der Waals surface area contributed by atoms with E-state index in [-0.39, 0.29) is 23.7 Å². The standard InChI is InChI=1S/C17H25N3O2S/c1-3-19(4-2)15(14-8-6-5-7-9-14)12-18-16(21)13-20-10-11-23-17(20)22/h5-9,15H,3-4,10-13H2,1-2H3,(H,18,21)/t15-/m0/s1. The molecule has 1 N–H and O–H groups in total. The Hall–Kier alpha value is -1.53. The van der Waals surface area contributed by atoms with E-state index in [0.29, 0.717) is 13.1 Å². The van der Waals surface area contributed by atoms with E-state index in [0.717, 1.165) is 18.8 Å². The van der Waals surface area contributed by atoms with Crippen molar-refractivity contribution in [3.05, 3.63) is 35.9 Å². The van der Waals surface area contributed by atoms with Crippen LogP contribution < -0.4 is 5.32 Å². The molecule has 1 aromatic rings. The Morgan fingerprint density at radius 3 is 2.57 bits per heavy atom. The maximum Gasteiger partial charge on any atom is 0.282 e. The van der Waals surface area contributed by atoms with Gasteiger partial charge in [0.25, 0.3) is 5.24 Å². The van der Waals surface area contributed by atoms with Crippen LogP contribution in [0.1, 0.15) is 25.5 Å². The highest BCUT2D eigenvalue weighted by Crippen LogP contribution is 2.20. The first-order valence-corrected chi connectivity index (χ1v) is 9.11. The van der Waals surface area contributed by atoms with E-state index < -0.39 is 0 Å². The van der Waals surface area contributed by atoms with Crippen molar-refractivity contribution in [1.29, 1.82) is 0 Å². The summed E-state index contributed by atoms with van der Waals surface area (Å²) in [5.41, 5.74) is 1.20. The molecule has 0 bridgehead atoms. The first-order valence-electron chi connectivity index (χ1n) is 8.13. The third-order valence-corrected chi connectivity index (χ3v) is 5.00. The van der Waals surface area contributed by atoms with Gasteiger partial charge >= 0.3 is 0 Å². The Morgan fingerprint density at radius 1 is 1.30 bits per heavy atom. The van der Waals surface area contributed by atoms with Gasteiger partial charge in [0.15, 0.2) is 0 Å². The molecule has 0 aliphatic carbocycles. The second-order valence-corrected chi connectivity index (χ2v) is 6.53. The molecule has 1 aliphatic heterocycles. The molecule has 23 heavy (non-hydrogen) atoms. The Labute approximate surface area is 142 Å². The Morgan fingerprint density at radius 2 is 2.00 bits per heavy atom. The zero-order chi connectivity index (χ0) is 16.7. The number of hydrogen-bond donors (Lipinski definition) is 1. The largest absolute Gasteiger partial charge is 0.353 e. The van der Waals surface area contributed by atoms with Crippen LogP contribution >= 0.6 is 11.8 Å². The topological polar surface area (TPSA) is 52.7 Å². The third kappa shape index (κ3) is 4.97. The van der Waals surface area contributed by atoms with Gasteiger partial charge in [0.05, 0.1) is 6.04 Å². The second kappa shape index (κ2) is 8.93. The predicted octanol–water partition coefficient (Wildman–Crippen LogP) is 2.35. The lowest BCUT2D eigenvalue weighted by Crippen LogP contribution is -2.42. The average molecular weight is 335 g/mol. The zero-order valence-electron chi connectivity index (χ0n) is 13.8. The van der Waals surface area contributed by atoms with Gasteiger partial charge < -0.3 is 10.2 Å². The van der Waals surface area contributed by atoms with E-state index in [4.69, 9.17) is 0 Å². The van der Waals surface area contributed by atoms with E-state index in [9.17, 15) is 9.59 Å². The smallest absolute Gasteiger partial charge is 0.282 e. The summed E-state index contributed by atoms with van der Waals surface area (Å²) in [6.07, 6.45) is 0. The molecule has 0 aromatic heterocycles. The highest BCUT2D eigenvalue weighted by atomic mass is 32.2. The van der Waals surface area contributed by atoms with Crippen molar-refractivity contribution in [2.24, 2.45) is 0 Å². The van der Waals surface area contributed by atoms with Gasteiger partial charge in [-0.1, -0.05) is 55.9 Å². The van der Waals surface area contributed by atoms with Crippen LogP contribution in [-0.2, 0) is 4.79 Å². The predicted molar refractivity (Wildman–Crippen MR) is 94.5 cm³/mol. The second-order valence-electron chi connectivity index (χ2n) is 5.49. The number of thioether (sulfide) groups is 1. The van der Waals surface area contributed by atoms with Gasteiger partial charge in [-0.3, -0.25) is 14.5 Å². The first kappa shape index (κ1) is 17.8. The van der Waals surface area contributed by atoms with Crippen LogP contribution in [0.5, 0.6) is 0 Å². The fraction of sp³-hybridized carbons (Fsp3) is 0.529. The molecule has 1 atom stereocenters. The summed E-state index contributed by atoms with van der Waals surface area (Å²) in [6, 6.07) is 10.4. The van der Waals surface area contributed by atoms with Crippen molar-refractivity contribution >= 4 is 22.9 Å². The van der Waals surface area contributed by atoms with Crippen molar-refractivity contribution in [2.45, 2.75) is 19.9 Å². The number of amides is 2. The van der Waals surface area contributed by atoms with E-state index in [1.807, 2.05) is 18.2 Å². The number of likely N-dealkylation sites (N-methyl/N-ethyl adjacent to an activating group) is 1. The van der Waals surface area contributed by atoms with Crippen LogP contribution in [0.2, 0.25) is 0 Å². The SMILES string of the molecule is CCN(CC)[C@@H](CNC(=O)CN1CCSC1=O)c1ccccc1. The molecule has 6 heteroatoms. The molecular weight excluding hydrogens is 310 g/mol. The van der Waals surface area contributed by atoms with Gasteiger partial charge in [-0.2, -0.15) is 0 Å². The van der Waals surface area contributed by atoms with Gasteiger partial charge in [-0.15, -0.1) is 0 Å². The molecule has 2 amide bonds. The number of nitrogens with zero attached hydrogens (tertiary/aromatic N) is 2. The molecule has 0 radical (unpaired) electrons. The number of carbonyl (C=O) groups is 2. The number of nitrogens with one attached hydrogen (secondary N) is 1. The zero-order valence-corrected chi connectivity index (χ0v) is 14.6. The summed E-state index contributed by atoms with van der Waals surface area (Å²) in [6.45, 7) is 7.48. The first-order chi connectivity index (χ1) is 11.2. The summed E-state index contributed by atoms with van der Waals surface area (Å²) in [7, 11) is 0. The van der Waals surface area contributed by atoms with Gasteiger partial charge in [-0.05, 0) is 18.7 Å². The summed E-state index contributed by atoms with van der Waals surface area (Å²) >= 11 is 1.28. The Balaban J connectivity index is 1.95. The maximum atomic E-state index is 12.1. The quantitative estimate of drug-likeness (QED) is 0.792. The van der Waals surface area contributed by atoms with Crippen molar-refractivity contribution in [3.8, 4) is 0 Å². The summed E-state index contributed by atoms with van der Waals surface area (Å²) in [4.78, 5) is 27.6. The average Bonchev–Trinajstić information content (AvgIpc) is 2.97. The van der Waals surface area contributed by atoms with Crippen LogP contribution in [0.4, 0.5) is 4.79 Å². The summed E-state index contributed by atoms with van der Waals surface area (Å²) < 4.78 is 0. The molecule has 0 spiro atoms. The van der Waals surface area contributed by atoms with E-state index in [2.05, 4.69) is 36.2 Å². The minimum absolute atomic E-state index is 0.00324. The van der Waals surface area contributed by atoms with Crippen molar-refractivity contribution in [2.75, 3.05) is 38.5 Å². The number of carbonyl (C=O) groups excluding carboxylic acids is 2. The maximum absolute atomic E-state index is 12.1.